The number of aromatic nitrogens is 2. The maximum atomic E-state index is 5.26. The van der Waals surface area contributed by atoms with Crippen LogP contribution in [-0.4, -0.2) is 23.6 Å². The van der Waals surface area contributed by atoms with Crippen LogP contribution in [0.4, 0.5) is 5.82 Å². The molecule has 0 bridgehead atoms. The van der Waals surface area contributed by atoms with E-state index in [2.05, 4.69) is 39.7 Å². The quantitative estimate of drug-likeness (QED) is 0.780. The molecule has 4 nitrogen and oxygen atoms in total. The predicted molar refractivity (Wildman–Crippen MR) is 87.4 cm³/mol. The lowest BCUT2D eigenvalue weighted by Crippen LogP contribution is -2.04. The monoisotopic (exact) mass is 299 g/mol. The van der Waals surface area contributed by atoms with Gasteiger partial charge in [0.05, 0.1) is 12.5 Å². The van der Waals surface area contributed by atoms with Crippen molar-refractivity contribution in [3.8, 4) is 5.75 Å². The number of anilines is 1. The van der Waals surface area contributed by atoms with Gasteiger partial charge < -0.3 is 10.1 Å². The number of hydrogen-bond donors (Lipinski definition) is 1. The average molecular weight is 299 g/mol. The van der Waals surface area contributed by atoms with Crippen molar-refractivity contribution < 1.29 is 4.74 Å². The minimum Gasteiger partial charge on any atom is -0.497 e. The summed E-state index contributed by atoms with van der Waals surface area (Å²) in [6.07, 6.45) is 0.698. The van der Waals surface area contributed by atoms with Gasteiger partial charge >= 0.3 is 0 Å². The standard InChI is InChI=1S/C16H17N3OS/c1-3-17-15-13-7-8-21-16(13)19-14(18-15)10-11-5-4-6-12(9-11)20-2/h4-9H,3,10H2,1-2H3,(H,17,18,19). The Labute approximate surface area is 127 Å². The summed E-state index contributed by atoms with van der Waals surface area (Å²) in [5.41, 5.74) is 1.15. The third-order valence-corrected chi connectivity index (χ3v) is 4.02. The molecule has 0 saturated heterocycles. The first-order valence-corrected chi connectivity index (χ1v) is 7.79. The van der Waals surface area contributed by atoms with Gasteiger partial charge in [0.1, 0.15) is 22.2 Å². The molecule has 2 aromatic heterocycles. The molecule has 0 spiro atoms. The third-order valence-electron chi connectivity index (χ3n) is 3.21. The summed E-state index contributed by atoms with van der Waals surface area (Å²) in [7, 11) is 1.68. The molecule has 108 valence electrons. The normalized spacial score (nSPS) is 10.8. The average Bonchev–Trinajstić information content (AvgIpc) is 2.96. The number of nitrogens with one attached hydrogen (secondary N) is 1. The summed E-state index contributed by atoms with van der Waals surface area (Å²) in [6, 6.07) is 10.1. The van der Waals surface area contributed by atoms with Crippen LogP contribution in [0.15, 0.2) is 35.7 Å². The smallest absolute Gasteiger partial charge is 0.138 e. The van der Waals surface area contributed by atoms with Crippen LogP contribution >= 0.6 is 11.3 Å². The summed E-state index contributed by atoms with van der Waals surface area (Å²) in [5.74, 6) is 2.60. The highest BCUT2D eigenvalue weighted by molar-refractivity contribution is 7.16. The van der Waals surface area contributed by atoms with Gasteiger partial charge in [-0.05, 0) is 36.1 Å². The first-order chi connectivity index (χ1) is 10.3. The fraction of sp³-hybridized carbons (Fsp3) is 0.250. The molecule has 21 heavy (non-hydrogen) atoms. The summed E-state index contributed by atoms with van der Waals surface area (Å²) >= 11 is 1.64. The second kappa shape index (κ2) is 6.10. The fourth-order valence-electron chi connectivity index (χ4n) is 2.25. The van der Waals surface area contributed by atoms with Gasteiger partial charge in [-0.3, -0.25) is 0 Å². The van der Waals surface area contributed by atoms with Crippen LogP contribution < -0.4 is 10.1 Å². The number of fused-ring (bicyclic) bond motifs is 1. The van der Waals surface area contributed by atoms with Crippen LogP contribution in [-0.2, 0) is 6.42 Å². The first-order valence-electron chi connectivity index (χ1n) is 6.91. The van der Waals surface area contributed by atoms with Crippen LogP contribution in [0.1, 0.15) is 18.3 Å². The van der Waals surface area contributed by atoms with E-state index in [1.807, 2.05) is 18.2 Å². The number of benzene rings is 1. The Balaban J connectivity index is 1.95. The van der Waals surface area contributed by atoms with Gasteiger partial charge in [0, 0.05) is 13.0 Å². The molecule has 3 rings (SSSR count). The maximum Gasteiger partial charge on any atom is 0.138 e. The Morgan fingerprint density at radius 3 is 2.95 bits per heavy atom. The van der Waals surface area contributed by atoms with Crippen LogP contribution in [0.25, 0.3) is 10.2 Å². The van der Waals surface area contributed by atoms with Crippen LogP contribution in [0.2, 0.25) is 0 Å². The zero-order valence-corrected chi connectivity index (χ0v) is 12.9. The van der Waals surface area contributed by atoms with Crippen molar-refractivity contribution >= 4 is 27.4 Å². The molecule has 0 radical (unpaired) electrons. The summed E-state index contributed by atoms with van der Waals surface area (Å²) in [5, 5.41) is 6.46. The Hall–Kier alpha value is -2.14. The van der Waals surface area contributed by atoms with Crippen molar-refractivity contribution in [3.05, 3.63) is 47.1 Å². The molecule has 0 atom stereocenters. The predicted octanol–water partition coefficient (Wildman–Crippen LogP) is 3.72. The Bertz CT molecular complexity index is 754. The van der Waals surface area contributed by atoms with E-state index in [-0.39, 0.29) is 0 Å². The van der Waals surface area contributed by atoms with E-state index in [1.165, 1.54) is 0 Å². The van der Waals surface area contributed by atoms with Gasteiger partial charge in [0.15, 0.2) is 0 Å². The van der Waals surface area contributed by atoms with E-state index in [9.17, 15) is 0 Å². The van der Waals surface area contributed by atoms with Crippen LogP contribution in [0.5, 0.6) is 5.75 Å². The second-order valence-electron chi connectivity index (χ2n) is 4.69. The van der Waals surface area contributed by atoms with Crippen LogP contribution in [0.3, 0.4) is 0 Å². The van der Waals surface area contributed by atoms with E-state index in [0.717, 1.165) is 39.7 Å². The van der Waals surface area contributed by atoms with Crippen molar-refractivity contribution in [1.29, 1.82) is 0 Å². The molecule has 0 aliphatic heterocycles. The Morgan fingerprint density at radius 1 is 1.24 bits per heavy atom. The van der Waals surface area contributed by atoms with Crippen molar-refractivity contribution in [2.75, 3.05) is 19.0 Å². The molecule has 0 amide bonds. The number of hydrogen-bond acceptors (Lipinski definition) is 5. The van der Waals surface area contributed by atoms with Crippen LogP contribution in [0, 0.1) is 0 Å². The number of ether oxygens (including phenoxy) is 1. The SMILES string of the molecule is CCNc1nc(Cc2cccc(OC)c2)nc2sccc12. The molecule has 1 N–H and O–H groups in total. The van der Waals surface area contributed by atoms with Crippen molar-refractivity contribution in [3.63, 3.8) is 0 Å². The highest BCUT2D eigenvalue weighted by atomic mass is 32.1. The maximum absolute atomic E-state index is 5.26. The van der Waals surface area contributed by atoms with Gasteiger partial charge in [-0.1, -0.05) is 12.1 Å². The van der Waals surface area contributed by atoms with Crippen molar-refractivity contribution in [2.24, 2.45) is 0 Å². The topological polar surface area (TPSA) is 47.0 Å². The lowest BCUT2D eigenvalue weighted by atomic mass is 10.1. The molecule has 0 aliphatic carbocycles. The molecular weight excluding hydrogens is 282 g/mol. The molecule has 0 unspecified atom stereocenters. The largest absolute Gasteiger partial charge is 0.497 e. The Morgan fingerprint density at radius 2 is 2.14 bits per heavy atom. The third kappa shape index (κ3) is 2.97. The summed E-state index contributed by atoms with van der Waals surface area (Å²) in [4.78, 5) is 10.3. The minimum absolute atomic E-state index is 0.698. The number of rotatable bonds is 5. The first kappa shape index (κ1) is 13.8. The van der Waals surface area contributed by atoms with E-state index in [1.54, 1.807) is 18.4 Å². The molecule has 5 heteroatoms. The molecule has 3 aromatic rings. The molecule has 0 saturated carbocycles. The van der Waals surface area contributed by atoms with Gasteiger partial charge in [-0.25, -0.2) is 9.97 Å². The van der Waals surface area contributed by atoms with Gasteiger partial charge in [0.2, 0.25) is 0 Å². The Kier molecular flexibility index (Phi) is 4.01. The lowest BCUT2D eigenvalue weighted by molar-refractivity contribution is 0.414. The molecule has 0 aliphatic rings. The zero-order chi connectivity index (χ0) is 14.7. The molecule has 0 fully saturated rings. The second-order valence-corrected chi connectivity index (χ2v) is 5.58. The molecular formula is C16H17N3OS. The molecule has 2 heterocycles. The minimum atomic E-state index is 0.698. The van der Waals surface area contributed by atoms with Crippen molar-refractivity contribution in [1.82, 2.24) is 9.97 Å². The number of methoxy groups -OCH3 is 1. The van der Waals surface area contributed by atoms with Gasteiger partial charge in [-0.15, -0.1) is 11.3 Å². The van der Waals surface area contributed by atoms with Gasteiger partial charge in [-0.2, -0.15) is 0 Å². The lowest BCUT2D eigenvalue weighted by Gasteiger charge is -2.08. The van der Waals surface area contributed by atoms with E-state index in [0.29, 0.717) is 6.42 Å². The fourth-order valence-corrected chi connectivity index (χ4v) is 3.03. The van der Waals surface area contributed by atoms with E-state index >= 15 is 0 Å². The highest BCUT2D eigenvalue weighted by Crippen LogP contribution is 2.26. The van der Waals surface area contributed by atoms with E-state index in [4.69, 9.17) is 4.74 Å². The summed E-state index contributed by atoms with van der Waals surface area (Å²) in [6.45, 7) is 2.92. The van der Waals surface area contributed by atoms with E-state index < -0.39 is 0 Å². The number of thiophene rings is 1. The van der Waals surface area contributed by atoms with Gasteiger partial charge in [0.25, 0.3) is 0 Å². The zero-order valence-electron chi connectivity index (χ0n) is 12.1. The van der Waals surface area contributed by atoms with Crippen molar-refractivity contribution in [2.45, 2.75) is 13.3 Å². The molecule has 1 aromatic carbocycles. The summed E-state index contributed by atoms with van der Waals surface area (Å²) < 4.78 is 5.26. The highest BCUT2D eigenvalue weighted by Gasteiger charge is 2.09. The number of nitrogens with zero attached hydrogens (tertiary/aromatic N) is 2.